The third-order valence-electron chi connectivity index (χ3n) is 6.02. The lowest BCUT2D eigenvalue weighted by Crippen LogP contribution is -2.54. The summed E-state index contributed by atoms with van der Waals surface area (Å²) in [6.07, 6.45) is 1.51. The van der Waals surface area contributed by atoms with Gasteiger partial charge in [-0.25, -0.2) is 4.98 Å². The summed E-state index contributed by atoms with van der Waals surface area (Å²) in [7, 11) is 1.64. The number of piperazine rings is 1. The lowest BCUT2D eigenvalue weighted by Gasteiger charge is -2.40. The van der Waals surface area contributed by atoms with Crippen molar-refractivity contribution in [3.8, 4) is 22.9 Å². The van der Waals surface area contributed by atoms with Gasteiger partial charge in [-0.3, -0.25) is 4.79 Å². The number of nitrogens with zero attached hydrogens (tertiary/aromatic N) is 4. The van der Waals surface area contributed by atoms with Crippen molar-refractivity contribution in [1.29, 1.82) is 5.26 Å². The van der Waals surface area contributed by atoms with E-state index in [1.54, 1.807) is 19.2 Å². The molecular formula is C26H28N4O3. The van der Waals surface area contributed by atoms with Crippen LogP contribution < -0.4 is 9.64 Å². The summed E-state index contributed by atoms with van der Waals surface area (Å²) in [4.78, 5) is 21.7. The Morgan fingerprint density at radius 1 is 1.21 bits per heavy atom. The number of rotatable bonds is 5. The molecule has 0 saturated carbocycles. The molecule has 0 spiro atoms. The monoisotopic (exact) mass is 444 g/mol. The molecule has 1 aliphatic rings. The number of aromatic nitrogens is 1. The van der Waals surface area contributed by atoms with Gasteiger partial charge in [-0.2, -0.15) is 5.26 Å². The minimum absolute atomic E-state index is 0.0545. The molecule has 3 aromatic rings. The van der Waals surface area contributed by atoms with Crippen molar-refractivity contribution in [2.75, 3.05) is 31.6 Å². The van der Waals surface area contributed by atoms with E-state index in [1.807, 2.05) is 42.2 Å². The maximum absolute atomic E-state index is 12.8. The topological polar surface area (TPSA) is 82.6 Å². The number of pyridine rings is 1. The van der Waals surface area contributed by atoms with Gasteiger partial charge in [0.1, 0.15) is 17.6 Å². The van der Waals surface area contributed by atoms with Gasteiger partial charge in [0.2, 0.25) is 0 Å². The van der Waals surface area contributed by atoms with Crippen molar-refractivity contribution in [1.82, 2.24) is 9.88 Å². The van der Waals surface area contributed by atoms with E-state index >= 15 is 0 Å². The van der Waals surface area contributed by atoms with E-state index in [-0.39, 0.29) is 17.9 Å². The van der Waals surface area contributed by atoms with Crippen LogP contribution in [0.25, 0.3) is 11.1 Å². The van der Waals surface area contributed by atoms with Crippen LogP contribution in [0.4, 0.5) is 5.82 Å². The Kier molecular flexibility index (Phi) is 6.36. The van der Waals surface area contributed by atoms with Crippen molar-refractivity contribution in [2.45, 2.75) is 32.7 Å². The summed E-state index contributed by atoms with van der Waals surface area (Å²) < 4.78 is 10.9. The van der Waals surface area contributed by atoms with Crippen LogP contribution in [0.5, 0.6) is 5.75 Å². The van der Waals surface area contributed by atoms with Gasteiger partial charge in [0, 0.05) is 36.8 Å². The number of ether oxygens (including phenoxy) is 1. The van der Waals surface area contributed by atoms with E-state index < -0.39 is 0 Å². The lowest BCUT2D eigenvalue weighted by atomic mass is 9.95. The highest BCUT2D eigenvalue weighted by Crippen LogP contribution is 2.37. The zero-order valence-corrected chi connectivity index (χ0v) is 19.4. The fourth-order valence-corrected chi connectivity index (χ4v) is 4.36. The minimum atomic E-state index is -0.116. The maximum Gasteiger partial charge on any atom is 0.289 e. The summed E-state index contributed by atoms with van der Waals surface area (Å²) in [6, 6.07) is 15.4. The SMILES string of the molecule is COc1ccccc1-c1cc(C#N)c(N2CCN(C(=O)c3ccco3)C(C)C2)nc1C(C)C. The maximum atomic E-state index is 12.8. The van der Waals surface area contributed by atoms with Crippen LogP contribution in [0.1, 0.15) is 48.5 Å². The molecule has 0 bridgehead atoms. The molecule has 3 heterocycles. The highest BCUT2D eigenvalue weighted by atomic mass is 16.5. The highest BCUT2D eigenvalue weighted by molar-refractivity contribution is 5.92. The minimum Gasteiger partial charge on any atom is -0.496 e. The molecule has 7 heteroatoms. The van der Waals surface area contributed by atoms with Gasteiger partial charge in [-0.1, -0.05) is 32.0 Å². The number of hydrogen-bond acceptors (Lipinski definition) is 6. The molecule has 1 fully saturated rings. The van der Waals surface area contributed by atoms with Crippen LogP contribution in [0.2, 0.25) is 0 Å². The fourth-order valence-electron chi connectivity index (χ4n) is 4.36. The molecule has 170 valence electrons. The van der Waals surface area contributed by atoms with Crippen molar-refractivity contribution in [2.24, 2.45) is 0 Å². The van der Waals surface area contributed by atoms with Gasteiger partial charge < -0.3 is 19.0 Å². The Hall–Kier alpha value is -3.79. The average molecular weight is 445 g/mol. The van der Waals surface area contributed by atoms with E-state index in [0.29, 0.717) is 36.8 Å². The summed E-state index contributed by atoms with van der Waals surface area (Å²) in [5.41, 5.74) is 3.25. The van der Waals surface area contributed by atoms with Crippen molar-refractivity contribution in [3.05, 3.63) is 65.7 Å². The predicted octanol–water partition coefficient (Wildman–Crippen LogP) is 4.70. The van der Waals surface area contributed by atoms with E-state index in [1.165, 1.54) is 6.26 Å². The Balaban J connectivity index is 1.68. The summed E-state index contributed by atoms with van der Waals surface area (Å²) in [5.74, 6) is 1.79. The Morgan fingerprint density at radius 3 is 2.64 bits per heavy atom. The summed E-state index contributed by atoms with van der Waals surface area (Å²) in [5, 5.41) is 9.98. The molecule has 0 aliphatic carbocycles. The second-order valence-electron chi connectivity index (χ2n) is 8.53. The number of para-hydroxylation sites is 1. The third-order valence-corrected chi connectivity index (χ3v) is 6.02. The molecule has 0 N–H and O–H groups in total. The first-order chi connectivity index (χ1) is 15.9. The van der Waals surface area contributed by atoms with Crippen molar-refractivity contribution < 1.29 is 13.9 Å². The standard InChI is InChI=1S/C26H28N4O3/c1-17(2)24-21(20-8-5-6-9-22(20)32-4)14-19(15-27)25(28-24)29-11-12-30(18(3)16-29)26(31)23-10-7-13-33-23/h5-10,13-14,17-18H,11-12,16H2,1-4H3. The summed E-state index contributed by atoms with van der Waals surface area (Å²) >= 11 is 0. The molecule has 7 nitrogen and oxygen atoms in total. The van der Waals surface area contributed by atoms with E-state index in [2.05, 4.69) is 24.8 Å². The molecule has 4 rings (SSSR count). The molecule has 2 aromatic heterocycles. The van der Waals surface area contributed by atoms with Crippen LogP contribution >= 0.6 is 0 Å². The van der Waals surface area contributed by atoms with Crippen molar-refractivity contribution >= 4 is 11.7 Å². The van der Waals surface area contributed by atoms with Crippen LogP contribution in [0, 0.1) is 11.3 Å². The quantitative estimate of drug-likeness (QED) is 0.567. The molecule has 1 unspecified atom stereocenters. The first-order valence-corrected chi connectivity index (χ1v) is 11.1. The van der Waals surface area contributed by atoms with Crippen LogP contribution in [-0.2, 0) is 0 Å². The van der Waals surface area contributed by atoms with Crippen LogP contribution in [-0.4, -0.2) is 48.6 Å². The van der Waals surface area contributed by atoms with Crippen LogP contribution in [0.15, 0.2) is 53.1 Å². The zero-order valence-electron chi connectivity index (χ0n) is 19.4. The summed E-state index contributed by atoms with van der Waals surface area (Å²) in [6.45, 7) is 7.90. The van der Waals surface area contributed by atoms with Gasteiger partial charge in [0.25, 0.3) is 5.91 Å². The van der Waals surface area contributed by atoms with Gasteiger partial charge in [-0.15, -0.1) is 0 Å². The van der Waals surface area contributed by atoms with Gasteiger partial charge in [-0.05, 0) is 37.1 Å². The number of methoxy groups -OCH3 is 1. The van der Waals surface area contributed by atoms with Gasteiger partial charge in [0.15, 0.2) is 5.76 Å². The molecule has 1 aliphatic heterocycles. The van der Waals surface area contributed by atoms with E-state index in [0.717, 1.165) is 22.6 Å². The Morgan fingerprint density at radius 2 is 2.00 bits per heavy atom. The predicted molar refractivity (Wildman–Crippen MR) is 126 cm³/mol. The molecular weight excluding hydrogens is 416 g/mol. The average Bonchev–Trinajstić information content (AvgIpc) is 3.37. The molecule has 1 amide bonds. The zero-order chi connectivity index (χ0) is 23.5. The van der Waals surface area contributed by atoms with Gasteiger partial charge >= 0.3 is 0 Å². The first-order valence-electron chi connectivity index (χ1n) is 11.1. The largest absolute Gasteiger partial charge is 0.496 e. The normalized spacial score (nSPS) is 16.1. The van der Waals surface area contributed by atoms with E-state index in [4.69, 9.17) is 14.1 Å². The highest BCUT2D eigenvalue weighted by Gasteiger charge is 2.31. The van der Waals surface area contributed by atoms with Crippen molar-refractivity contribution in [3.63, 3.8) is 0 Å². The molecule has 33 heavy (non-hydrogen) atoms. The first kappa shape index (κ1) is 22.4. The molecule has 0 radical (unpaired) electrons. The molecule has 1 atom stereocenters. The van der Waals surface area contributed by atoms with Crippen LogP contribution in [0.3, 0.4) is 0 Å². The number of carbonyl (C=O) groups excluding carboxylic acids is 1. The second-order valence-corrected chi connectivity index (χ2v) is 8.53. The number of benzene rings is 1. The third kappa shape index (κ3) is 4.29. The number of anilines is 1. The second kappa shape index (κ2) is 9.37. The number of amides is 1. The Bertz CT molecular complexity index is 1180. The molecule has 1 aromatic carbocycles. The number of hydrogen-bond donors (Lipinski definition) is 0. The number of furan rings is 1. The smallest absolute Gasteiger partial charge is 0.289 e. The molecule has 1 saturated heterocycles. The van der Waals surface area contributed by atoms with Gasteiger partial charge in [0.05, 0.1) is 24.6 Å². The number of carbonyl (C=O) groups is 1. The Labute approximate surface area is 194 Å². The number of nitriles is 1. The lowest BCUT2D eigenvalue weighted by molar-refractivity contribution is 0.0641. The van der Waals surface area contributed by atoms with E-state index in [9.17, 15) is 10.1 Å². The fraction of sp³-hybridized carbons (Fsp3) is 0.346.